The zero-order valence-corrected chi connectivity index (χ0v) is 9.56. The van der Waals surface area contributed by atoms with Crippen molar-refractivity contribution < 1.29 is 14.6 Å². The minimum Gasteiger partial charge on any atom is -0.480 e. The van der Waals surface area contributed by atoms with Crippen LogP contribution < -0.4 is 0 Å². The Morgan fingerprint density at radius 2 is 2.35 bits per heavy atom. The molecule has 2 N–H and O–H groups in total. The SMILES string of the molecule is CCc1ccc2nc(COCC(=O)O)[nH]c2c1. The smallest absolute Gasteiger partial charge is 0.329 e. The van der Waals surface area contributed by atoms with Crippen molar-refractivity contribution >= 4 is 17.0 Å². The molecule has 1 aromatic carbocycles. The summed E-state index contributed by atoms with van der Waals surface area (Å²) in [5.74, 6) is -0.330. The summed E-state index contributed by atoms with van der Waals surface area (Å²) in [5.41, 5.74) is 3.06. The molecule has 17 heavy (non-hydrogen) atoms. The highest BCUT2D eigenvalue weighted by molar-refractivity contribution is 5.75. The molecule has 0 saturated heterocycles. The van der Waals surface area contributed by atoms with E-state index < -0.39 is 5.97 Å². The Morgan fingerprint density at radius 3 is 3.06 bits per heavy atom. The first-order chi connectivity index (χ1) is 8.19. The van der Waals surface area contributed by atoms with Crippen LogP contribution >= 0.6 is 0 Å². The number of H-pyrrole nitrogens is 1. The highest BCUT2D eigenvalue weighted by atomic mass is 16.5. The van der Waals surface area contributed by atoms with Crippen LogP contribution in [0.5, 0.6) is 0 Å². The van der Waals surface area contributed by atoms with E-state index in [1.54, 1.807) is 0 Å². The van der Waals surface area contributed by atoms with Crippen LogP contribution in [0.15, 0.2) is 18.2 Å². The van der Waals surface area contributed by atoms with E-state index >= 15 is 0 Å². The van der Waals surface area contributed by atoms with E-state index in [9.17, 15) is 4.79 Å². The van der Waals surface area contributed by atoms with Crippen LogP contribution in [0.3, 0.4) is 0 Å². The van der Waals surface area contributed by atoms with Gasteiger partial charge in [-0.15, -0.1) is 0 Å². The number of aromatic amines is 1. The van der Waals surface area contributed by atoms with Gasteiger partial charge in [0.25, 0.3) is 0 Å². The zero-order chi connectivity index (χ0) is 12.3. The van der Waals surface area contributed by atoms with Crippen LogP contribution in [0.4, 0.5) is 0 Å². The predicted octanol–water partition coefficient (Wildman–Crippen LogP) is 1.73. The van der Waals surface area contributed by atoms with Crippen LogP contribution in [-0.4, -0.2) is 27.7 Å². The number of aliphatic carboxylic acids is 1. The summed E-state index contributed by atoms with van der Waals surface area (Å²) < 4.78 is 4.97. The number of hydrogen-bond donors (Lipinski definition) is 2. The molecule has 0 unspecified atom stereocenters. The van der Waals surface area contributed by atoms with Crippen molar-refractivity contribution in [2.75, 3.05) is 6.61 Å². The van der Waals surface area contributed by atoms with Gasteiger partial charge in [-0.25, -0.2) is 9.78 Å². The number of nitrogens with one attached hydrogen (secondary N) is 1. The first-order valence-corrected chi connectivity index (χ1v) is 5.46. The quantitative estimate of drug-likeness (QED) is 0.826. The number of aryl methyl sites for hydroxylation is 1. The normalized spacial score (nSPS) is 10.9. The third-order valence-electron chi connectivity index (χ3n) is 2.47. The second-order valence-corrected chi connectivity index (χ2v) is 3.78. The largest absolute Gasteiger partial charge is 0.480 e. The van der Waals surface area contributed by atoms with Crippen molar-refractivity contribution in [3.63, 3.8) is 0 Å². The highest BCUT2D eigenvalue weighted by Crippen LogP contribution is 2.14. The van der Waals surface area contributed by atoms with Gasteiger partial charge in [0.05, 0.1) is 11.0 Å². The van der Waals surface area contributed by atoms with Crippen LogP contribution in [0.1, 0.15) is 18.3 Å². The number of carboxylic acid groups (broad SMARTS) is 1. The lowest BCUT2D eigenvalue weighted by atomic mass is 10.1. The average molecular weight is 234 g/mol. The summed E-state index contributed by atoms with van der Waals surface area (Å²) in [6.45, 7) is 1.97. The lowest BCUT2D eigenvalue weighted by Gasteiger charge is -1.96. The summed E-state index contributed by atoms with van der Waals surface area (Å²) >= 11 is 0. The van der Waals surface area contributed by atoms with E-state index in [1.807, 2.05) is 18.2 Å². The molecule has 0 bridgehead atoms. The number of fused-ring (bicyclic) bond motifs is 1. The fraction of sp³-hybridized carbons (Fsp3) is 0.333. The molecule has 1 heterocycles. The van der Waals surface area contributed by atoms with E-state index in [2.05, 4.69) is 16.9 Å². The molecule has 5 nitrogen and oxygen atoms in total. The number of aromatic nitrogens is 2. The van der Waals surface area contributed by atoms with E-state index in [0.29, 0.717) is 5.82 Å². The minimum absolute atomic E-state index is 0.183. The van der Waals surface area contributed by atoms with Gasteiger partial charge >= 0.3 is 5.97 Å². The topological polar surface area (TPSA) is 75.2 Å². The maximum absolute atomic E-state index is 10.3. The number of imidazole rings is 1. The van der Waals surface area contributed by atoms with Crippen LogP contribution in [0.25, 0.3) is 11.0 Å². The van der Waals surface area contributed by atoms with E-state index in [0.717, 1.165) is 17.5 Å². The van der Waals surface area contributed by atoms with Crippen LogP contribution in [0, 0.1) is 0 Å². The molecule has 0 aliphatic rings. The molecule has 0 aliphatic heterocycles. The average Bonchev–Trinajstić information content (AvgIpc) is 2.69. The Morgan fingerprint density at radius 1 is 1.53 bits per heavy atom. The van der Waals surface area contributed by atoms with E-state index in [4.69, 9.17) is 9.84 Å². The maximum Gasteiger partial charge on any atom is 0.329 e. The summed E-state index contributed by atoms with van der Waals surface area (Å²) in [6, 6.07) is 6.03. The standard InChI is InChI=1S/C12H14N2O3/c1-2-8-3-4-9-10(5-8)14-11(13-9)6-17-7-12(15)16/h3-5H,2,6-7H2,1H3,(H,13,14)(H,15,16). The minimum atomic E-state index is -0.977. The number of nitrogens with zero attached hydrogens (tertiary/aromatic N) is 1. The molecule has 0 fully saturated rings. The van der Waals surface area contributed by atoms with Gasteiger partial charge in [0.1, 0.15) is 19.0 Å². The first kappa shape index (κ1) is 11.6. The Balaban J connectivity index is 2.11. The highest BCUT2D eigenvalue weighted by Gasteiger charge is 2.04. The number of rotatable bonds is 5. The Bertz CT molecular complexity index is 534. The summed E-state index contributed by atoms with van der Waals surface area (Å²) in [7, 11) is 0. The van der Waals surface area contributed by atoms with Gasteiger partial charge in [-0.2, -0.15) is 0 Å². The Hall–Kier alpha value is -1.88. The molecule has 0 spiro atoms. The molecule has 0 radical (unpaired) electrons. The summed E-state index contributed by atoms with van der Waals surface area (Å²) in [5, 5.41) is 8.44. The third kappa shape index (κ3) is 2.82. The molecule has 2 aromatic rings. The van der Waals surface area contributed by atoms with Gasteiger partial charge < -0.3 is 14.8 Å². The lowest BCUT2D eigenvalue weighted by molar-refractivity contribution is -0.142. The van der Waals surface area contributed by atoms with E-state index in [1.165, 1.54) is 5.56 Å². The molecule has 0 aliphatic carbocycles. The molecule has 0 saturated carbocycles. The number of benzene rings is 1. The third-order valence-corrected chi connectivity index (χ3v) is 2.47. The van der Waals surface area contributed by atoms with Crippen molar-refractivity contribution in [2.24, 2.45) is 0 Å². The summed E-state index contributed by atoms with van der Waals surface area (Å²) in [4.78, 5) is 17.7. The Labute approximate surface area is 98.4 Å². The summed E-state index contributed by atoms with van der Waals surface area (Å²) in [6.07, 6.45) is 0.972. The molecule has 2 rings (SSSR count). The van der Waals surface area contributed by atoms with Crippen molar-refractivity contribution in [1.29, 1.82) is 0 Å². The van der Waals surface area contributed by atoms with Crippen molar-refractivity contribution in [3.8, 4) is 0 Å². The van der Waals surface area contributed by atoms with Gasteiger partial charge in [0, 0.05) is 0 Å². The number of ether oxygens (including phenoxy) is 1. The molecular weight excluding hydrogens is 220 g/mol. The van der Waals surface area contributed by atoms with E-state index in [-0.39, 0.29) is 13.2 Å². The van der Waals surface area contributed by atoms with Crippen molar-refractivity contribution in [2.45, 2.75) is 20.0 Å². The number of carbonyl (C=O) groups is 1. The molecule has 5 heteroatoms. The van der Waals surface area contributed by atoms with Gasteiger partial charge in [-0.3, -0.25) is 0 Å². The second-order valence-electron chi connectivity index (χ2n) is 3.78. The zero-order valence-electron chi connectivity index (χ0n) is 9.56. The number of hydrogen-bond acceptors (Lipinski definition) is 3. The lowest BCUT2D eigenvalue weighted by Crippen LogP contribution is -2.07. The maximum atomic E-state index is 10.3. The monoisotopic (exact) mass is 234 g/mol. The van der Waals surface area contributed by atoms with Crippen LogP contribution in [-0.2, 0) is 22.6 Å². The van der Waals surface area contributed by atoms with Gasteiger partial charge in [0.2, 0.25) is 0 Å². The van der Waals surface area contributed by atoms with Crippen LogP contribution in [0.2, 0.25) is 0 Å². The van der Waals surface area contributed by atoms with Gasteiger partial charge in [-0.05, 0) is 24.1 Å². The molecule has 0 amide bonds. The molecule has 90 valence electrons. The van der Waals surface area contributed by atoms with Crippen molar-refractivity contribution in [1.82, 2.24) is 9.97 Å². The molecular formula is C12H14N2O3. The van der Waals surface area contributed by atoms with Crippen molar-refractivity contribution in [3.05, 3.63) is 29.6 Å². The van der Waals surface area contributed by atoms with Gasteiger partial charge in [0.15, 0.2) is 0 Å². The van der Waals surface area contributed by atoms with Gasteiger partial charge in [-0.1, -0.05) is 13.0 Å². The fourth-order valence-corrected chi connectivity index (χ4v) is 1.63. The predicted molar refractivity (Wildman–Crippen MR) is 62.8 cm³/mol. The first-order valence-electron chi connectivity index (χ1n) is 5.46. The molecule has 0 atom stereocenters. The molecule has 1 aromatic heterocycles. The fourth-order valence-electron chi connectivity index (χ4n) is 1.63. The Kier molecular flexibility index (Phi) is 3.39. The second kappa shape index (κ2) is 4.97. The number of carboxylic acids is 1.